The Morgan fingerprint density at radius 2 is 1.47 bits per heavy atom. The number of halogens is 3. The molecule has 3 N–H and O–H groups in total. The third-order valence-electron chi connectivity index (χ3n) is 9.50. The summed E-state index contributed by atoms with van der Waals surface area (Å²) in [7, 11) is 0. The second-order valence-electron chi connectivity index (χ2n) is 13.5. The number of carboxylic acid groups (broad SMARTS) is 1. The molecule has 0 saturated carbocycles. The molecule has 0 radical (unpaired) electrons. The summed E-state index contributed by atoms with van der Waals surface area (Å²) >= 11 is 18.5. The fourth-order valence-electron chi connectivity index (χ4n) is 6.76. The average Bonchev–Trinajstić information content (AvgIpc) is 3.47. The Hall–Kier alpha value is -3.72. The fourth-order valence-corrected chi connectivity index (χ4v) is 7.25. The highest BCUT2D eigenvalue weighted by atomic mass is 35.5. The van der Waals surface area contributed by atoms with Gasteiger partial charge in [0.2, 0.25) is 11.8 Å². The molecule has 2 heterocycles. The lowest BCUT2D eigenvalue weighted by Gasteiger charge is -2.33. The smallest absolute Gasteiger partial charge is 0.352 e. The molecule has 1 aliphatic heterocycles. The van der Waals surface area contributed by atoms with Gasteiger partial charge in [0.25, 0.3) is 0 Å². The third-order valence-corrected chi connectivity index (χ3v) is 10.5. The number of nitrogens with one attached hydrogen (secondary N) is 2. The first-order valence-corrected chi connectivity index (χ1v) is 19.0. The zero-order chi connectivity index (χ0) is 36.3. The molecule has 4 aromatic rings. The van der Waals surface area contributed by atoms with Gasteiger partial charge in [-0.3, -0.25) is 9.59 Å². The summed E-state index contributed by atoms with van der Waals surface area (Å²) in [5, 5.41) is 15.4. The lowest BCUT2D eigenvalue weighted by atomic mass is 9.97. The van der Waals surface area contributed by atoms with Gasteiger partial charge >= 0.3 is 5.97 Å². The number of nitrogens with zero attached hydrogens (tertiary/aromatic N) is 1. The molecule has 0 aliphatic carbocycles. The molecule has 3 aromatic carbocycles. The number of hydrogen-bond donors (Lipinski definition) is 3. The first-order chi connectivity index (χ1) is 24.6. The molecular formula is C40H46Cl3N3O5. The molecule has 1 saturated heterocycles. The van der Waals surface area contributed by atoms with Gasteiger partial charge in [0.15, 0.2) is 0 Å². The van der Waals surface area contributed by atoms with Crippen LogP contribution in [0.25, 0.3) is 10.9 Å². The second-order valence-corrected chi connectivity index (χ2v) is 14.7. The molecule has 8 nitrogen and oxygen atoms in total. The van der Waals surface area contributed by atoms with E-state index in [9.17, 15) is 19.5 Å². The van der Waals surface area contributed by atoms with Crippen LogP contribution in [0.3, 0.4) is 0 Å². The number of rotatable bonds is 7. The summed E-state index contributed by atoms with van der Waals surface area (Å²) in [6.45, 7) is 2.32. The van der Waals surface area contributed by atoms with Crippen LogP contribution in [-0.2, 0) is 22.7 Å². The maximum atomic E-state index is 14.5. The van der Waals surface area contributed by atoms with Crippen molar-refractivity contribution in [3.05, 3.63) is 98.1 Å². The van der Waals surface area contributed by atoms with Crippen LogP contribution < -0.4 is 10.1 Å². The molecule has 2 atom stereocenters. The van der Waals surface area contributed by atoms with Gasteiger partial charge in [0.05, 0.1) is 10.0 Å². The Morgan fingerprint density at radius 3 is 2.14 bits per heavy atom. The van der Waals surface area contributed by atoms with Gasteiger partial charge in [0.1, 0.15) is 24.1 Å². The Kier molecular flexibility index (Phi) is 14.1. The number of amides is 2. The maximum Gasteiger partial charge on any atom is 0.352 e. The van der Waals surface area contributed by atoms with Crippen LogP contribution in [0.2, 0.25) is 15.1 Å². The largest absolute Gasteiger partial charge is 0.489 e. The van der Waals surface area contributed by atoms with E-state index in [4.69, 9.17) is 39.5 Å². The number of carbonyl (C=O) groups excluding carboxylic acids is 2. The van der Waals surface area contributed by atoms with E-state index in [1.54, 1.807) is 35.2 Å². The van der Waals surface area contributed by atoms with E-state index in [1.807, 2.05) is 37.3 Å². The molecule has 5 rings (SSSR count). The second kappa shape index (κ2) is 18.7. The van der Waals surface area contributed by atoms with Gasteiger partial charge in [-0.25, -0.2) is 4.79 Å². The number of fused-ring (bicyclic) bond motifs is 1. The summed E-state index contributed by atoms with van der Waals surface area (Å²) in [5.41, 5.74) is 2.19. The number of hydrogen-bond acceptors (Lipinski definition) is 4. The van der Waals surface area contributed by atoms with Gasteiger partial charge in [-0.15, -0.1) is 0 Å². The Balaban J connectivity index is 1.50. The van der Waals surface area contributed by atoms with Gasteiger partial charge in [-0.1, -0.05) is 117 Å². The predicted octanol–water partition coefficient (Wildman–Crippen LogP) is 10.7. The van der Waals surface area contributed by atoms with Crippen molar-refractivity contribution in [3.8, 4) is 5.75 Å². The van der Waals surface area contributed by atoms with E-state index in [0.717, 1.165) is 49.7 Å². The SMILES string of the molecule is CC1CCCCCCCCCCCCC(=O)N(Cc2ccc(OCc3ccc(Cl)c(Cl)c3)cc2)C(c2c(C(=O)O)[nH]c3cc(Cl)ccc23)C(=O)N1. The lowest BCUT2D eigenvalue weighted by molar-refractivity contribution is -0.142. The van der Waals surface area contributed by atoms with E-state index in [2.05, 4.69) is 10.3 Å². The minimum Gasteiger partial charge on any atom is -0.489 e. The van der Waals surface area contributed by atoms with Crippen LogP contribution in [0, 0.1) is 0 Å². The normalized spacial score (nSPS) is 18.9. The maximum absolute atomic E-state index is 14.5. The monoisotopic (exact) mass is 753 g/mol. The van der Waals surface area contributed by atoms with Crippen LogP contribution in [0.15, 0.2) is 60.7 Å². The zero-order valence-electron chi connectivity index (χ0n) is 29.0. The standard InChI is InChI=1S/C40H46Cl3N3O5/c1-26-12-10-8-6-4-2-3-5-7-9-11-13-35(47)46(24-27-14-18-30(19-15-27)51-25-28-16-21-32(42)33(43)22-28)38(39(48)44-26)36-31-20-17-29(41)23-34(31)45-37(36)40(49)50/h14-23,26,38,45H,2-13,24-25H2,1H3,(H,44,48)(H,49,50). The lowest BCUT2D eigenvalue weighted by Crippen LogP contribution is -2.46. The zero-order valence-corrected chi connectivity index (χ0v) is 31.3. The molecule has 2 amide bonds. The van der Waals surface area contributed by atoms with Gasteiger partial charge in [-0.05, 0) is 67.3 Å². The molecule has 272 valence electrons. The molecule has 51 heavy (non-hydrogen) atoms. The number of carboxylic acids is 1. The summed E-state index contributed by atoms with van der Waals surface area (Å²) in [6.07, 6.45) is 11.7. The number of aromatic amines is 1. The van der Waals surface area contributed by atoms with E-state index in [0.29, 0.717) is 38.1 Å². The van der Waals surface area contributed by atoms with Crippen molar-refractivity contribution in [2.24, 2.45) is 0 Å². The van der Waals surface area contributed by atoms with Crippen molar-refractivity contribution in [1.82, 2.24) is 15.2 Å². The van der Waals surface area contributed by atoms with E-state index in [1.165, 1.54) is 25.7 Å². The van der Waals surface area contributed by atoms with Gasteiger partial charge in [-0.2, -0.15) is 0 Å². The molecule has 0 bridgehead atoms. The van der Waals surface area contributed by atoms with E-state index >= 15 is 0 Å². The number of ether oxygens (including phenoxy) is 1. The summed E-state index contributed by atoms with van der Waals surface area (Å²) < 4.78 is 5.99. The first-order valence-electron chi connectivity index (χ1n) is 17.9. The van der Waals surface area contributed by atoms with Crippen molar-refractivity contribution in [1.29, 1.82) is 0 Å². The van der Waals surface area contributed by atoms with Crippen molar-refractivity contribution in [2.75, 3.05) is 0 Å². The van der Waals surface area contributed by atoms with E-state index < -0.39 is 17.9 Å². The molecule has 1 aliphatic rings. The Labute approximate surface area is 314 Å². The van der Waals surface area contributed by atoms with Crippen LogP contribution in [-0.4, -0.2) is 38.8 Å². The van der Waals surface area contributed by atoms with Crippen LogP contribution in [0.5, 0.6) is 5.75 Å². The number of aromatic nitrogens is 1. The highest BCUT2D eigenvalue weighted by molar-refractivity contribution is 6.42. The molecular weight excluding hydrogens is 709 g/mol. The Morgan fingerprint density at radius 1 is 0.824 bits per heavy atom. The number of carbonyl (C=O) groups is 3. The average molecular weight is 755 g/mol. The number of aromatic carboxylic acids is 1. The highest BCUT2D eigenvalue weighted by Crippen LogP contribution is 2.36. The molecule has 2 unspecified atom stereocenters. The molecule has 1 aromatic heterocycles. The van der Waals surface area contributed by atoms with Crippen LogP contribution >= 0.6 is 34.8 Å². The van der Waals surface area contributed by atoms with Gasteiger partial charge < -0.3 is 25.0 Å². The van der Waals surface area contributed by atoms with Crippen LogP contribution in [0.4, 0.5) is 0 Å². The number of H-pyrrole nitrogens is 1. The highest BCUT2D eigenvalue weighted by Gasteiger charge is 2.37. The topological polar surface area (TPSA) is 112 Å². The third kappa shape index (κ3) is 10.7. The van der Waals surface area contributed by atoms with Crippen molar-refractivity contribution >= 4 is 63.5 Å². The molecule has 0 spiro atoms. The number of benzene rings is 3. The summed E-state index contributed by atoms with van der Waals surface area (Å²) in [6, 6.07) is 16.3. The molecule has 1 fully saturated rings. The minimum atomic E-state index is -1.23. The van der Waals surface area contributed by atoms with Gasteiger partial charge in [0, 0.05) is 40.5 Å². The Bertz CT molecular complexity index is 1810. The first kappa shape index (κ1) is 38.5. The predicted molar refractivity (Wildman–Crippen MR) is 204 cm³/mol. The van der Waals surface area contributed by atoms with E-state index in [-0.39, 0.29) is 42.8 Å². The molecule has 11 heteroatoms. The van der Waals surface area contributed by atoms with Crippen molar-refractivity contribution in [2.45, 2.75) is 109 Å². The van der Waals surface area contributed by atoms with Crippen molar-refractivity contribution in [3.63, 3.8) is 0 Å². The van der Waals surface area contributed by atoms with Crippen molar-refractivity contribution < 1.29 is 24.2 Å². The fraction of sp³-hybridized carbons (Fsp3) is 0.425. The quantitative estimate of drug-likeness (QED) is 0.174. The minimum absolute atomic E-state index is 0.0810. The summed E-state index contributed by atoms with van der Waals surface area (Å²) in [5.74, 6) is -1.26. The van der Waals surface area contributed by atoms with Crippen LogP contribution in [0.1, 0.15) is 117 Å². The summed E-state index contributed by atoms with van der Waals surface area (Å²) in [4.78, 5) is 46.1.